The molecule has 0 atom stereocenters. The molecular weight excluding hydrogens is 459 g/mol. The number of fused-ring (bicyclic) bond motifs is 8. The number of pyridine rings is 3. The van der Waals surface area contributed by atoms with E-state index in [1.54, 1.807) is 23.6 Å². The van der Waals surface area contributed by atoms with Crippen molar-refractivity contribution in [1.29, 1.82) is 0 Å². The number of ether oxygens (including phenoxy) is 1. The molecule has 0 fully saturated rings. The van der Waals surface area contributed by atoms with E-state index < -0.39 is 5.82 Å². The lowest BCUT2D eigenvalue weighted by atomic mass is 10.1. The van der Waals surface area contributed by atoms with Gasteiger partial charge in [-0.15, -0.1) is 6.42 Å². The van der Waals surface area contributed by atoms with Gasteiger partial charge in [0.1, 0.15) is 24.0 Å². The van der Waals surface area contributed by atoms with Crippen molar-refractivity contribution in [3.63, 3.8) is 0 Å². The lowest BCUT2D eigenvalue weighted by Crippen LogP contribution is -2.27. The molecule has 5 aromatic rings. The number of nitrogen functional groups attached to an aromatic ring is 1. The second-order valence-electron chi connectivity index (χ2n) is 8.23. The molecule has 0 radical (unpaired) electrons. The van der Waals surface area contributed by atoms with Gasteiger partial charge in [-0.25, -0.2) is 24.3 Å². The molecule has 0 saturated heterocycles. The fraction of sp³-hybridized carbons (Fsp3) is 0.154. The van der Waals surface area contributed by atoms with Gasteiger partial charge in [-0.1, -0.05) is 6.08 Å². The molecule has 0 aliphatic heterocycles. The van der Waals surface area contributed by atoms with Crippen molar-refractivity contribution in [3.8, 4) is 18.1 Å². The maximum absolute atomic E-state index is 16.0. The third kappa shape index (κ3) is 3.32. The van der Waals surface area contributed by atoms with Crippen LogP contribution in [0.5, 0.6) is 5.75 Å². The average molecular weight is 482 g/mol. The van der Waals surface area contributed by atoms with Gasteiger partial charge >= 0.3 is 11.7 Å². The van der Waals surface area contributed by atoms with E-state index in [0.717, 1.165) is 10.9 Å². The van der Waals surface area contributed by atoms with Crippen LogP contribution in [0, 0.1) is 25.1 Å². The molecular formula is C26H22FN8O+. The molecule has 5 rings (SSSR count). The molecule has 5 aromatic heterocycles. The minimum atomic E-state index is -0.577. The minimum Gasteiger partial charge on any atom is -0.420 e. The third-order valence-electron chi connectivity index (χ3n) is 6.07. The molecule has 178 valence electrons. The molecule has 0 amide bonds. The molecule has 10 heteroatoms. The Kier molecular flexibility index (Phi) is 5.33. The van der Waals surface area contributed by atoms with E-state index >= 15 is 4.39 Å². The highest BCUT2D eigenvalue weighted by atomic mass is 19.1. The fourth-order valence-electron chi connectivity index (χ4n) is 4.41. The van der Waals surface area contributed by atoms with Crippen LogP contribution in [0.15, 0.2) is 46.4 Å². The van der Waals surface area contributed by atoms with Gasteiger partial charge in [0.15, 0.2) is 17.1 Å². The summed E-state index contributed by atoms with van der Waals surface area (Å²) in [5.74, 6) is 2.39. The summed E-state index contributed by atoms with van der Waals surface area (Å²) in [6.45, 7) is 9.05. The Morgan fingerprint density at radius 2 is 2.08 bits per heavy atom. The third-order valence-corrected chi connectivity index (χ3v) is 6.07. The van der Waals surface area contributed by atoms with Crippen LogP contribution in [0.4, 0.5) is 10.2 Å². The SMILES string of the molecule is C#Cc1cc(C)c2c3c(c4c(N)ncnc4n3C)c3c(F)cc(OC(N=C)=N/C(C)=C\C)c[n+]3c2n1. The lowest BCUT2D eigenvalue weighted by molar-refractivity contribution is -0.484. The summed E-state index contributed by atoms with van der Waals surface area (Å²) in [7, 11) is 1.85. The van der Waals surface area contributed by atoms with Gasteiger partial charge in [-0.2, -0.15) is 4.40 Å². The van der Waals surface area contributed by atoms with E-state index in [4.69, 9.17) is 16.9 Å². The Labute approximate surface area is 205 Å². The molecule has 0 bridgehead atoms. The van der Waals surface area contributed by atoms with Crippen molar-refractivity contribution in [3.05, 3.63) is 53.5 Å². The number of halogens is 1. The molecule has 0 aliphatic rings. The Morgan fingerprint density at radius 3 is 2.78 bits per heavy atom. The normalized spacial score (nSPS) is 12.6. The van der Waals surface area contributed by atoms with Crippen LogP contribution in [0.25, 0.3) is 38.5 Å². The second kappa shape index (κ2) is 8.39. The largest absolute Gasteiger partial charge is 0.420 e. The highest BCUT2D eigenvalue weighted by Crippen LogP contribution is 2.38. The van der Waals surface area contributed by atoms with Gasteiger partial charge in [0.05, 0.1) is 21.7 Å². The lowest BCUT2D eigenvalue weighted by Gasteiger charge is -2.09. The van der Waals surface area contributed by atoms with Crippen LogP contribution < -0.4 is 14.9 Å². The Hall–Kier alpha value is -4.91. The molecule has 36 heavy (non-hydrogen) atoms. The maximum Gasteiger partial charge on any atom is 0.339 e. The number of allylic oxidation sites excluding steroid dienone is 2. The predicted octanol–water partition coefficient (Wildman–Crippen LogP) is 3.78. The number of nitrogens with two attached hydrogens (primary N) is 1. The number of aryl methyl sites for hydroxylation is 2. The van der Waals surface area contributed by atoms with Crippen LogP contribution in [0.3, 0.4) is 0 Å². The zero-order chi connectivity index (χ0) is 25.7. The van der Waals surface area contributed by atoms with Crippen molar-refractivity contribution in [2.75, 3.05) is 5.73 Å². The van der Waals surface area contributed by atoms with Crippen molar-refractivity contribution >= 4 is 57.0 Å². The van der Waals surface area contributed by atoms with Gasteiger partial charge in [0.25, 0.3) is 0 Å². The molecule has 0 aliphatic carbocycles. The Bertz CT molecular complexity index is 1860. The first-order chi connectivity index (χ1) is 17.3. The summed E-state index contributed by atoms with van der Waals surface area (Å²) >= 11 is 0. The van der Waals surface area contributed by atoms with Crippen LogP contribution in [0.1, 0.15) is 25.1 Å². The summed E-state index contributed by atoms with van der Waals surface area (Å²) < 4.78 is 25.2. The van der Waals surface area contributed by atoms with Crippen molar-refractivity contribution < 1.29 is 13.5 Å². The summed E-state index contributed by atoms with van der Waals surface area (Å²) in [5.41, 5.74) is 10.2. The van der Waals surface area contributed by atoms with Crippen LogP contribution in [-0.4, -0.2) is 32.3 Å². The van der Waals surface area contributed by atoms with Gasteiger partial charge in [-0.3, -0.25) is 0 Å². The van der Waals surface area contributed by atoms with E-state index in [0.29, 0.717) is 39.0 Å². The number of amidine groups is 1. The average Bonchev–Trinajstić information content (AvgIpc) is 3.16. The summed E-state index contributed by atoms with van der Waals surface area (Å²) in [5, 5.41) is 1.86. The molecule has 0 spiro atoms. The van der Waals surface area contributed by atoms with E-state index in [9.17, 15) is 0 Å². The zero-order valence-corrected chi connectivity index (χ0v) is 20.2. The van der Waals surface area contributed by atoms with E-state index in [2.05, 4.69) is 37.6 Å². The quantitative estimate of drug-likeness (QED) is 0.136. The zero-order valence-electron chi connectivity index (χ0n) is 20.2. The number of aliphatic imine (C=N–C) groups is 2. The van der Waals surface area contributed by atoms with Gasteiger partial charge < -0.3 is 15.0 Å². The minimum absolute atomic E-state index is 0.0217. The predicted molar refractivity (Wildman–Crippen MR) is 139 cm³/mol. The summed E-state index contributed by atoms with van der Waals surface area (Å²) in [4.78, 5) is 21.3. The van der Waals surface area contributed by atoms with E-state index in [-0.39, 0.29) is 23.1 Å². The molecule has 9 nitrogen and oxygen atoms in total. The van der Waals surface area contributed by atoms with Gasteiger partial charge in [0.2, 0.25) is 5.69 Å². The fourth-order valence-corrected chi connectivity index (χ4v) is 4.41. The number of hydrogen-bond donors (Lipinski definition) is 1. The number of terminal acetylenes is 1. The Balaban J connectivity index is 2.00. The number of aromatic nitrogens is 5. The highest BCUT2D eigenvalue weighted by Gasteiger charge is 2.28. The molecule has 2 N–H and O–H groups in total. The first kappa shape index (κ1) is 22.9. The van der Waals surface area contributed by atoms with Gasteiger partial charge in [-0.05, 0) is 44.0 Å². The Morgan fingerprint density at radius 1 is 1.31 bits per heavy atom. The van der Waals surface area contributed by atoms with Crippen molar-refractivity contribution in [2.45, 2.75) is 20.8 Å². The van der Waals surface area contributed by atoms with Gasteiger partial charge in [0, 0.05) is 24.9 Å². The smallest absolute Gasteiger partial charge is 0.339 e. The molecule has 0 unspecified atom stereocenters. The number of anilines is 1. The highest BCUT2D eigenvalue weighted by molar-refractivity contribution is 6.23. The van der Waals surface area contributed by atoms with E-state index in [1.807, 2.05) is 31.5 Å². The first-order valence-corrected chi connectivity index (χ1v) is 11.0. The summed E-state index contributed by atoms with van der Waals surface area (Å²) in [6.07, 6.45) is 10.5. The molecule has 5 heterocycles. The first-order valence-electron chi connectivity index (χ1n) is 11.0. The van der Waals surface area contributed by atoms with E-state index in [1.165, 1.54) is 12.4 Å². The molecule has 0 aromatic carbocycles. The number of hydrogen-bond acceptors (Lipinski definition) is 6. The second-order valence-corrected chi connectivity index (χ2v) is 8.23. The topological polar surface area (TPSA) is 108 Å². The van der Waals surface area contributed by atoms with Crippen molar-refractivity contribution in [2.24, 2.45) is 17.0 Å². The monoisotopic (exact) mass is 481 g/mol. The standard InChI is InChI=1S/C26H22FN8O/c1-7-14(4)32-26(29-5)36-16-10-17(27)21-19-20-23(28)30-12-31-24(20)34(6)22(19)18-13(3)9-15(8-2)33-25(18)35(21)11-16/h2,7,9-12H,5H2,1,3-4,6H3,(H2,28,30,31)/q+1/b14-7-,32-26?. The maximum atomic E-state index is 16.0. The van der Waals surface area contributed by atoms with Crippen LogP contribution >= 0.6 is 0 Å². The summed E-state index contributed by atoms with van der Waals surface area (Å²) in [6, 6.07) is 3.04. The van der Waals surface area contributed by atoms with Crippen molar-refractivity contribution in [1.82, 2.24) is 19.5 Å². The van der Waals surface area contributed by atoms with Crippen LogP contribution in [0.2, 0.25) is 0 Å². The molecule has 0 saturated carbocycles. The number of nitrogens with zero attached hydrogens (tertiary/aromatic N) is 7. The van der Waals surface area contributed by atoms with Crippen LogP contribution in [-0.2, 0) is 7.05 Å². The number of rotatable bonds is 2.